The minimum atomic E-state index is -2.93. The number of rotatable bonds is 8. The fraction of sp³-hybridized carbons (Fsp3) is 0.211. The van der Waals surface area contributed by atoms with E-state index < -0.39 is 6.61 Å². The SMILES string of the molecule is O=c1ccc(-c2ccc(OC(F)F)nc2)nn1CCNCc1ccccc1Cl. The first-order valence-electron chi connectivity index (χ1n) is 8.46. The monoisotopic (exact) mass is 406 g/mol. The van der Waals surface area contributed by atoms with Gasteiger partial charge in [-0.05, 0) is 23.8 Å². The van der Waals surface area contributed by atoms with Gasteiger partial charge >= 0.3 is 6.61 Å². The normalized spacial score (nSPS) is 11.0. The van der Waals surface area contributed by atoms with Gasteiger partial charge in [-0.1, -0.05) is 29.8 Å². The molecule has 0 bridgehead atoms. The van der Waals surface area contributed by atoms with Crippen molar-refractivity contribution < 1.29 is 13.5 Å². The minimum Gasteiger partial charge on any atom is -0.417 e. The molecule has 0 amide bonds. The maximum absolute atomic E-state index is 12.2. The Morgan fingerprint density at radius 1 is 1.14 bits per heavy atom. The van der Waals surface area contributed by atoms with Crippen molar-refractivity contribution in [3.8, 4) is 17.1 Å². The second-order valence-corrected chi connectivity index (χ2v) is 6.22. The molecule has 0 aliphatic heterocycles. The first kappa shape index (κ1) is 19.9. The van der Waals surface area contributed by atoms with E-state index in [1.54, 1.807) is 12.1 Å². The van der Waals surface area contributed by atoms with Crippen LogP contribution in [0, 0.1) is 0 Å². The van der Waals surface area contributed by atoms with Crippen molar-refractivity contribution in [2.24, 2.45) is 0 Å². The van der Waals surface area contributed by atoms with Gasteiger partial charge in [0.1, 0.15) is 0 Å². The summed E-state index contributed by atoms with van der Waals surface area (Å²) >= 11 is 6.11. The molecule has 3 aromatic rings. The lowest BCUT2D eigenvalue weighted by atomic mass is 10.2. The van der Waals surface area contributed by atoms with E-state index >= 15 is 0 Å². The molecule has 2 aromatic heterocycles. The molecule has 0 unspecified atom stereocenters. The molecular weight excluding hydrogens is 390 g/mol. The van der Waals surface area contributed by atoms with Crippen LogP contribution in [0.4, 0.5) is 8.78 Å². The highest BCUT2D eigenvalue weighted by Crippen LogP contribution is 2.18. The van der Waals surface area contributed by atoms with Gasteiger partial charge in [-0.2, -0.15) is 13.9 Å². The van der Waals surface area contributed by atoms with E-state index in [4.69, 9.17) is 11.6 Å². The second kappa shape index (κ2) is 9.38. The van der Waals surface area contributed by atoms with Crippen molar-refractivity contribution in [1.29, 1.82) is 0 Å². The van der Waals surface area contributed by atoms with Crippen molar-refractivity contribution >= 4 is 11.6 Å². The summed E-state index contributed by atoms with van der Waals surface area (Å²) in [7, 11) is 0. The molecule has 0 saturated carbocycles. The molecule has 0 atom stereocenters. The first-order valence-corrected chi connectivity index (χ1v) is 8.84. The van der Waals surface area contributed by atoms with Gasteiger partial charge in [-0.15, -0.1) is 0 Å². The average molecular weight is 407 g/mol. The molecule has 0 saturated heterocycles. The fourth-order valence-corrected chi connectivity index (χ4v) is 2.71. The van der Waals surface area contributed by atoms with Crippen LogP contribution in [0.15, 0.2) is 59.5 Å². The third-order valence-electron chi connectivity index (χ3n) is 3.88. The van der Waals surface area contributed by atoms with Crippen molar-refractivity contribution in [1.82, 2.24) is 20.1 Å². The van der Waals surface area contributed by atoms with Gasteiger partial charge in [0, 0.05) is 42.0 Å². The molecule has 0 spiro atoms. The van der Waals surface area contributed by atoms with Crippen LogP contribution in [0.1, 0.15) is 5.56 Å². The Hall–Kier alpha value is -2.84. The molecule has 2 heterocycles. The maximum Gasteiger partial charge on any atom is 0.388 e. The molecule has 9 heteroatoms. The molecule has 6 nitrogen and oxygen atoms in total. The van der Waals surface area contributed by atoms with E-state index in [0.29, 0.717) is 35.9 Å². The summed E-state index contributed by atoms with van der Waals surface area (Å²) in [5.74, 6) is -0.184. The van der Waals surface area contributed by atoms with Crippen LogP contribution in [-0.2, 0) is 13.1 Å². The minimum absolute atomic E-state index is 0.184. The van der Waals surface area contributed by atoms with E-state index in [1.807, 2.05) is 24.3 Å². The van der Waals surface area contributed by atoms with Gasteiger partial charge in [0.25, 0.3) is 5.56 Å². The lowest BCUT2D eigenvalue weighted by Gasteiger charge is -2.09. The number of benzene rings is 1. The molecule has 0 radical (unpaired) electrons. The molecule has 3 rings (SSSR count). The van der Waals surface area contributed by atoms with Crippen LogP contribution in [0.25, 0.3) is 11.3 Å². The number of hydrogen-bond acceptors (Lipinski definition) is 5. The Balaban J connectivity index is 1.63. The van der Waals surface area contributed by atoms with Crippen molar-refractivity contribution in [3.63, 3.8) is 0 Å². The Bertz CT molecular complexity index is 980. The quantitative estimate of drug-likeness (QED) is 0.581. The number of nitrogens with zero attached hydrogens (tertiary/aromatic N) is 3. The lowest BCUT2D eigenvalue weighted by molar-refractivity contribution is -0.0528. The third kappa shape index (κ3) is 5.34. The van der Waals surface area contributed by atoms with Gasteiger partial charge < -0.3 is 10.1 Å². The van der Waals surface area contributed by atoms with Crippen molar-refractivity contribution in [2.75, 3.05) is 6.54 Å². The van der Waals surface area contributed by atoms with Crippen LogP contribution in [-0.4, -0.2) is 27.9 Å². The zero-order valence-corrected chi connectivity index (χ0v) is 15.4. The fourth-order valence-electron chi connectivity index (χ4n) is 2.51. The zero-order chi connectivity index (χ0) is 19.9. The predicted molar refractivity (Wildman–Crippen MR) is 102 cm³/mol. The number of pyridine rings is 1. The van der Waals surface area contributed by atoms with E-state index in [2.05, 4.69) is 20.1 Å². The number of ether oxygens (including phenoxy) is 1. The molecule has 0 aliphatic rings. The van der Waals surface area contributed by atoms with Crippen LogP contribution < -0.4 is 15.6 Å². The second-order valence-electron chi connectivity index (χ2n) is 5.81. The summed E-state index contributed by atoms with van der Waals surface area (Å²) in [5, 5.41) is 8.20. The molecular formula is C19H17ClF2N4O2. The topological polar surface area (TPSA) is 69.0 Å². The molecule has 146 valence electrons. The Morgan fingerprint density at radius 2 is 1.96 bits per heavy atom. The van der Waals surface area contributed by atoms with Crippen LogP contribution >= 0.6 is 11.6 Å². The summed E-state index contributed by atoms with van der Waals surface area (Å²) < 4.78 is 29.9. The number of aromatic nitrogens is 3. The van der Waals surface area contributed by atoms with Crippen molar-refractivity contribution in [3.05, 3.63) is 75.7 Å². The van der Waals surface area contributed by atoms with E-state index in [9.17, 15) is 13.6 Å². The Morgan fingerprint density at radius 3 is 2.68 bits per heavy atom. The summed E-state index contributed by atoms with van der Waals surface area (Å²) in [6.45, 7) is -1.49. The lowest BCUT2D eigenvalue weighted by Crippen LogP contribution is -2.28. The van der Waals surface area contributed by atoms with E-state index in [1.165, 1.54) is 23.0 Å². The van der Waals surface area contributed by atoms with E-state index in [0.717, 1.165) is 5.56 Å². The Labute approximate surface area is 164 Å². The molecule has 1 N–H and O–H groups in total. The summed E-state index contributed by atoms with van der Waals surface area (Å²) in [6.07, 6.45) is 1.37. The number of nitrogens with one attached hydrogen (secondary N) is 1. The number of halogens is 3. The molecule has 0 fully saturated rings. The highest BCUT2D eigenvalue weighted by atomic mass is 35.5. The predicted octanol–water partition coefficient (Wildman–Crippen LogP) is 3.35. The van der Waals surface area contributed by atoms with Gasteiger partial charge in [0.15, 0.2) is 0 Å². The standard InChI is InChI=1S/C19H17ClF2N4O2/c20-15-4-2-1-3-13(15)11-23-9-10-26-18(27)8-6-16(25-26)14-5-7-17(24-12-14)28-19(21)22/h1-8,12,19,23H,9-11H2. The van der Waals surface area contributed by atoms with E-state index in [-0.39, 0.29) is 11.4 Å². The largest absolute Gasteiger partial charge is 0.417 e. The third-order valence-corrected chi connectivity index (χ3v) is 4.25. The highest BCUT2D eigenvalue weighted by molar-refractivity contribution is 6.31. The summed E-state index contributed by atoms with van der Waals surface area (Å²) in [6, 6.07) is 13.3. The zero-order valence-electron chi connectivity index (χ0n) is 14.7. The average Bonchev–Trinajstić information content (AvgIpc) is 2.68. The van der Waals surface area contributed by atoms with Gasteiger partial charge in [0.05, 0.1) is 12.2 Å². The Kier molecular flexibility index (Phi) is 6.67. The van der Waals surface area contributed by atoms with Gasteiger partial charge in [-0.3, -0.25) is 4.79 Å². The summed E-state index contributed by atoms with van der Waals surface area (Å²) in [4.78, 5) is 15.8. The maximum atomic E-state index is 12.2. The first-order chi connectivity index (χ1) is 13.5. The van der Waals surface area contributed by atoms with Crippen LogP contribution in [0.3, 0.4) is 0 Å². The van der Waals surface area contributed by atoms with Crippen LogP contribution in [0.2, 0.25) is 5.02 Å². The molecule has 1 aromatic carbocycles. The summed E-state index contributed by atoms with van der Waals surface area (Å²) in [5.41, 5.74) is 1.81. The highest BCUT2D eigenvalue weighted by Gasteiger charge is 2.08. The van der Waals surface area contributed by atoms with Gasteiger partial charge in [-0.25, -0.2) is 9.67 Å². The van der Waals surface area contributed by atoms with Crippen molar-refractivity contribution in [2.45, 2.75) is 19.7 Å². The number of alkyl halides is 2. The van der Waals surface area contributed by atoms with Gasteiger partial charge in [0.2, 0.25) is 5.88 Å². The molecule has 28 heavy (non-hydrogen) atoms. The number of hydrogen-bond donors (Lipinski definition) is 1. The molecule has 0 aliphatic carbocycles. The van der Waals surface area contributed by atoms with Crippen LogP contribution in [0.5, 0.6) is 5.88 Å². The smallest absolute Gasteiger partial charge is 0.388 e.